The molecular formula is C37H30O4S4. The third-order valence-electron chi connectivity index (χ3n) is 8.20. The Bertz CT molecular complexity index is 2140. The zero-order chi connectivity index (χ0) is 31.2. The lowest BCUT2D eigenvalue weighted by molar-refractivity contribution is -0.137. The molecule has 0 N–H and O–H groups in total. The van der Waals surface area contributed by atoms with Crippen molar-refractivity contribution in [3.63, 3.8) is 0 Å². The van der Waals surface area contributed by atoms with Crippen LogP contribution in [0.15, 0.2) is 73.3 Å². The molecule has 0 atom stereocenters. The number of thiophene rings is 4. The van der Waals surface area contributed by atoms with Gasteiger partial charge in [-0.05, 0) is 85.3 Å². The van der Waals surface area contributed by atoms with E-state index in [0.29, 0.717) is 18.6 Å². The first-order valence-corrected chi connectivity index (χ1v) is 18.1. The van der Waals surface area contributed by atoms with E-state index in [9.17, 15) is 9.59 Å². The Labute approximate surface area is 277 Å². The van der Waals surface area contributed by atoms with Crippen molar-refractivity contribution in [3.8, 4) is 25.3 Å². The molecule has 0 aliphatic carbocycles. The first-order valence-electron chi connectivity index (χ1n) is 14.8. The summed E-state index contributed by atoms with van der Waals surface area (Å²) in [7, 11) is 0. The van der Waals surface area contributed by atoms with Crippen molar-refractivity contribution >= 4 is 97.6 Å². The van der Waals surface area contributed by atoms with Gasteiger partial charge in [-0.2, -0.15) is 0 Å². The monoisotopic (exact) mass is 666 g/mol. The molecule has 3 aromatic carbocycles. The van der Waals surface area contributed by atoms with Crippen molar-refractivity contribution < 1.29 is 19.1 Å². The summed E-state index contributed by atoms with van der Waals surface area (Å²) in [5, 5.41) is 4.66. The third kappa shape index (κ3) is 5.40. The fourth-order valence-electron chi connectivity index (χ4n) is 5.83. The molecule has 4 heterocycles. The highest BCUT2D eigenvalue weighted by Crippen LogP contribution is 2.52. The molecule has 226 valence electrons. The molecule has 0 unspecified atom stereocenters. The largest absolute Gasteiger partial charge is 0.463 e. The van der Waals surface area contributed by atoms with Crippen molar-refractivity contribution in [2.45, 2.75) is 40.0 Å². The number of benzene rings is 3. The van der Waals surface area contributed by atoms with Gasteiger partial charge in [0.1, 0.15) is 0 Å². The van der Waals surface area contributed by atoms with E-state index in [-0.39, 0.29) is 19.0 Å². The second-order valence-corrected chi connectivity index (χ2v) is 15.3. The molecule has 0 bridgehead atoms. The van der Waals surface area contributed by atoms with Crippen molar-refractivity contribution in [2.24, 2.45) is 0 Å². The average molecular weight is 667 g/mol. The number of carbonyl (C=O) groups is 2. The van der Waals surface area contributed by atoms with Crippen LogP contribution in [-0.2, 0) is 14.3 Å². The molecule has 4 nitrogen and oxygen atoms in total. The Kier molecular flexibility index (Phi) is 8.08. The topological polar surface area (TPSA) is 52.6 Å². The zero-order valence-corrected chi connectivity index (χ0v) is 28.4. The Hall–Kier alpha value is -3.82. The molecule has 7 aromatic rings. The zero-order valence-electron chi connectivity index (χ0n) is 25.2. The van der Waals surface area contributed by atoms with Crippen LogP contribution >= 0.6 is 45.3 Å². The van der Waals surface area contributed by atoms with E-state index in [2.05, 4.69) is 88.0 Å². The molecular weight excluding hydrogens is 637 g/mol. The number of hydrogen-bond acceptors (Lipinski definition) is 8. The van der Waals surface area contributed by atoms with Gasteiger partial charge in [0.25, 0.3) is 0 Å². The molecule has 0 aliphatic rings. The number of rotatable bonds is 9. The Morgan fingerprint density at radius 1 is 0.711 bits per heavy atom. The van der Waals surface area contributed by atoms with Gasteiger partial charge in [-0.25, -0.2) is 4.79 Å². The number of hydrogen-bond donors (Lipinski definition) is 0. The Balaban J connectivity index is 1.32. The summed E-state index contributed by atoms with van der Waals surface area (Å²) in [5.74, 6) is -0.0909. The predicted octanol–water partition coefficient (Wildman–Crippen LogP) is 11.6. The normalized spacial score (nSPS) is 11.6. The Morgan fingerprint density at radius 3 is 1.89 bits per heavy atom. The second kappa shape index (κ2) is 12.2. The smallest absolute Gasteiger partial charge is 0.330 e. The molecule has 0 fully saturated rings. The van der Waals surface area contributed by atoms with Crippen LogP contribution in [0.1, 0.15) is 36.0 Å². The first-order chi connectivity index (χ1) is 21.8. The lowest BCUT2D eigenvalue weighted by atomic mass is 10.1. The van der Waals surface area contributed by atoms with Crippen molar-refractivity contribution in [1.29, 1.82) is 0 Å². The summed E-state index contributed by atoms with van der Waals surface area (Å²) >= 11 is 7.10. The van der Waals surface area contributed by atoms with Crippen LogP contribution in [0.25, 0.3) is 59.9 Å². The summed E-state index contributed by atoms with van der Waals surface area (Å²) in [5.41, 5.74) is 3.76. The average Bonchev–Trinajstić information content (AvgIpc) is 3.83. The van der Waals surface area contributed by atoms with Crippen molar-refractivity contribution in [3.05, 3.63) is 90.0 Å². The molecule has 0 spiro atoms. The van der Waals surface area contributed by atoms with Gasteiger partial charge in [-0.1, -0.05) is 43.0 Å². The van der Waals surface area contributed by atoms with Gasteiger partial charge >= 0.3 is 11.9 Å². The fourth-order valence-corrected chi connectivity index (χ4v) is 10.9. The van der Waals surface area contributed by atoms with Crippen LogP contribution in [0.5, 0.6) is 5.75 Å². The Morgan fingerprint density at radius 2 is 1.29 bits per heavy atom. The number of esters is 2. The molecule has 7 rings (SSSR count). The minimum absolute atomic E-state index is 0.239. The highest BCUT2D eigenvalue weighted by molar-refractivity contribution is 7.30. The molecule has 0 amide bonds. The maximum atomic E-state index is 13.3. The van der Waals surface area contributed by atoms with Gasteiger partial charge in [0.2, 0.25) is 0 Å². The van der Waals surface area contributed by atoms with Gasteiger partial charge in [0, 0.05) is 56.9 Å². The van der Waals surface area contributed by atoms with Gasteiger partial charge < -0.3 is 9.47 Å². The van der Waals surface area contributed by atoms with Crippen LogP contribution in [0.3, 0.4) is 0 Å². The van der Waals surface area contributed by atoms with Gasteiger partial charge in [0.05, 0.1) is 11.3 Å². The van der Waals surface area contributed by atoms with E-state index >= 15 is 0 Å². The van der Waals surface area contributed by atoms with E-state index < -0.39 is 5.97 Å². The van der Waals surface area contributed by atoms with Crippen LogP contribution in [0.2, 0.25) is 0 Å². The highest BCUT2D eigenvalue weighted by Gasteiger charge is 2.24. The lowest BCUT2D eigenvalue weighted by Crippen LogP contribution is -2.09. The minimum Gasteiger partial charge on any atom is -0.463 e. The minimum atomic E-state index is -0.452. The summed E-state index contributed by atoms with van der Waals surface area (Å²) in [6.07, 6.45) is 2.53. The maximum absolute atomic E-state index is 13.3. The van der Waals surface area contributed by atoms with E-state index in [1.807, 2.05) is 22.7 Å². The number of carbonyl (C=O) groups excluding carboxylic acids is 2. The maximum Gasteiger partial charge on any atom is 0.330 e. The predicted molar refractivity (Wildman–Crippen MR) is 194 cm³/mol. The summed E-state index contributed by atoms with van der Waals surface area (Å²) in [4.78, 5) is 29.5. The van der Waals surface area contributed by atoms with Gasteiger partial charge in [0.15, 0.2) is 5.75 Å². The number of fused-ring (bicyclic) bond motifs is 4. The summed E-state index contributed by atoms with van der Waals surface area (Å²) < 4.78 is 16.0. The van der Waals surface area contributed by atoms with E-state index in [1.54, 1.807) is 22.7 Å². The first kappa shape index (κ1) is 29.9. The molecule has 0 radical (unpaired) electrons. The third-order valence-corrected chi connectivity index (χ3v) is 13.5. The lowest BCUT2D eigenvalue weighted by Gasteiger charge is -2.09. The van der Waals surface area contributed by atoms with Gasteiger partial charge in [-0.15, -0.1) is 45.3 Å². The summed E-state index contributed by atoms with van der Waals surface area (Å²) in [6.45, 7) is 10.2. The van der Waals surface area contributed by atoms with Crippen LogP contribution in [0, 0.1) is 20.8 Å². The van der Waals surface area contributed by atoms with E-state index in [1.165, 1.54) is 56.4 Å². The number of aryl methyl sites for hydroxylation is 3. The SMILES string of the molecule is C=CC(=O)OCCCCC(=O)Oc1c2cc(-c3sc4ccccc4c3C)sc2c(C)c2cc(-c3sc4ccccc4c3C)sc12. The standard InChI is InChI=1S/C37H30O4S4/c1-5-31(38)40-17-11-10-16-32(39)41-33-26-19-30(36-21(3)24-13-7-9-15-28(24)43-36)44-34(26)22(4)25-18-29(45-37(25)33)35-20(2)23-12-6-8-14-27(23)42-35/h5-9,12-15,18-19H,1,10-11,16-17H2,2-4H3. The van der Waals surface area contributed by atoms with Crippen LogP contribution in [-0.4, -0.2) is 18.5 Å². The van der Waals surface area contributed by atoms with Crippen LogP contribution < -0.4 is 4.74 Å². The number of unbranched alkanes of at least 4 members (excludes halogenated alkanes) is 1. The summed E-state index contributed by atoms with van der Waals surface area (Å²) in [6, 6.07) is 21.6. The molecule has 0 saturated carbocycles. The number of ether oxygens (including phenoxy) is 2. The van der Waals surface area contributed by atoms with Crippen molar-refractivity contribution in [2.75, 3.05) is 6.61 Å². The molecule has 0 saturated heterocycles. The molecule has 4 aromatic heterocycles. The fraction of sp³-hybridized carbons (Fsp3) is 0.189. The van der Waals surface area contributed by atoms with E-state index in [0.717, 1.165) is 26.2 Å². The van der Waals surface area contributed by atoms with E-state index in [4.69, 9.17) is 9.47 Å². The second-order valence-electron chi connectivity index (χ2n) is 11.1. The highest BCUT2D eigenvalue weighted by atomic mass is 32.1. The molecule has 0 aliphatic heterocycles. The van der Waals surface area contributed by atoms with Crippen LogP contribution in [0.4, 0.5) is 0 Å². The quantitative estimate of drug-likeness (QED) is 0.0666. The molecule has 8 heteroatoms. The van der Waals surface area contributed by atoms with Crippen molar-refractivity contribution in [1.82, 2.24) is 0 Å². The van der Waals surface area contributed by atoms with Gasteiger partial charge in [-0.3, -0.25) is 4.79 Å². The molecule has 45 heavy (non-hydrogen) atoms.